The minimum atomic E-state index is -1.89. The Balaban J connectivity index is 1.36. The van der Waals surface area contributed by atoms with Gasteiger partial charge in [-0.25, -0.2) is 4.79 Å². The van der Waals surface area contributed by atoms with Gasteiger partial charge in [-0.15, -0.1) is 0 Å². The number of rotatable bonds is 7. The van der Waals surface area contributed by atoms with Gasteiger partial charge in [0.1, 0.15) is 53.5 Å². The van der Waals surface area contributed by atoms with Crippen LogP contribution in [0.5, 0.6) is 34.5 Å². The Bertz CT molecular complexity index is 1780. The van der Waals surface area contributed by atoms with E-state index in [0.29, 0.717) is 5.56 Å². The summed E-state index contributed by atoms with van der Waals surface area (Å²) in [6.07, 6.45) is -6.16. The van der Waals surface area contributed by atoms with Crippen molar-refractivity contribution < 1.29 is 64.3 Å². The maximum absolute atomic E-state index is 12.8. The van der Waals surface area contributed by atoms with Crippen LogP contribution in [0, 0.1) is 0 Å². The molecule has 230 valence electrons. The van der Waals surface area contributed by atoms with Crippen LogP contribution in [0.2, 0.25) is 0 Å². The summed E-state index contributed by atoms with van der Waals surface area (Å²) < 4.78 is 21.8. The van der Waals surface area contributed by atoms with Crippen LogP contribution in [0.15, 0.2) is 69.9 Å². The van der Waals surface area contributed by atoms with Gasteiger partial charge in [-0.05, 0) is 42.0 Å². The van der Waals surface area contributed by atoms with Gasteiger partial charge in [-0.2, -0.15) is 0 Å². The second kappa shape index (κ2) is 12.1. The quantitative estimate of drug-likeness (QED) is 0.0840. The van der Waals surface area contributed by atoms with Crippen LogP contribution in [-0.2, 0) is 14.3 Å². The molecule has 3 aromatic carbocycles. The highest BCUT2D eigenvalue weighted by Crippen LogP contribution is 2.43. The van der Waals surface area contributed by atoms with Crippen molar-refractivity contribution in [2.75, 3.05) is 6.61 Å². The van der Waals surface area contributed by atoms with Crippen LogP contribution in [0.4, 0.5) is 0 Å². The minimum Gasteiger partial charge on any atom is -0.508 e. The number of carbonyl (C=O) groups is 1. The molecular weight excluding hydrogens is 584 g/mol. The number of hydrogen-bond donors (Lipinski definition) is 8. The maximum atomic E-state index is 12.8. The van der Waals surface area contributed by atoms with Gasteiger partial charge in [0.2, 0.25) is 12.0 Å². The Labute approximate surface area is 247 Å². The molecule has 1 aliphatic heterocycles. The molecule has 0 spiro atoms. The van der Waals surface area contributed by atoms with Crippen molar-refractivity contribution in [1.82, 2.24) is 0 Å². The first-order valence-corrected chi connectivity index (χ1v) is 13.0. The van der Waals surface area contributed by atoms with Gasteiger partial charge in [0.25, 0.3) is 0 Å². The molecule has 0 saturated carbocycles. The molecule has 1 saturated heterocycles. The van der Waals surface area contributed by atoms with Crippen molar-refractivity contribution in [1.29, 1.82) is 0 Å². The number of phenolic OH excluding ortho intramolecular Hbond substituents is 5. The van der Waals surface area contributed by atoms with E-state index in [9.17, 15) is 50.4 Å². The Morgan fingerprint density at radius 3 is 2.27 bits per heavy atom. The molecule has 1 aromatic heterocycles. The standard InChI is InChI=1S/C30H26O14/c31-15-5-1-13(2-6-15)3-8-23(35)41-12-22-26(37)28(39)29(40)30(44-22)43-21-11-20-24(27(38)25(21)36)18(34)10-19(42-20)14-4-7-16(32)17(33)9-14/h1-11,22,26,28-33,36-40H,12H2. The third-order valence-electron chi connectivity index (χ3n) is 6.80. The van der Waals surface area contributed by atoms with E-state index in [1.165, 1.54) is 30.3 Å². The summed E-state index contributed by atoms with van der Waals surface area (Å²) in [5, 5.41) is 80.7. The number of phenols is 5. The average molecular weight is 611 g/mol. The van der Waals surface area contributed by atoms with Gasteiger partial charge < -0.3 is 59.5 Å². The van der Waals surface area contributed by atoms with E-state index in [-0.39, 0.29) is 22.7 Å². The molecule has 0 amide bonds. The lowest BCUT2D eigenvalue weighted by Crippen LogP contribution is -2.60. The van der Waals surface area contributed by atoms with Crippen molar-refractivity contribution in [3.63, 3.8) is 0 Å². The van der Waals surface area contributed by atoms with Crippen molar-refractivity contribution in [2.24, 2.45) is 0 Å². The summed E-state index contributed by atoms with van der Waals surface area (Å²) in [6, 6.07) is 11.6. The summed E-state index contributed by atoms with van der Waals surface area (Å²) in [5.41, 5.74) is -0.291. The number of aliphatic hydroxyl groups is 3. The first-order valence-electron chi connectivity index (χ1n) is 13.0. The summed E-state index contributed by atoms with van der Waals surface area (Å²) in [6.45, 7) is -0.587. The van der Waals surface area contributed by atoms with Crippen LogP contribution in [0.25, 0.3) is 28.4 Å². The molecule has 5 unspecified atom stereocenters. The number of carbonyl (C=O) groups excluding carboxylic acids is 1. The first-order chi connectivity index (χ1) is 20.9. The molecule has 8 N–H and O–H groups in total. The van der Waals surface area contributed by atoms with E-state index in [0.717, 1.165) is 24.3 Å². The monoisotopic (exact) mass is 610 g/mol. The number of fused-ring (bicyclic) bond motifs is 1. The lowest BCUT2D eigenvalue weighted by Gasteiger charge is -2.39. The molecule has 14 heteroatoms. The Hall–Kier alpha value is -5.28. The first kappa shape index (κ1) is 30.2. The normalized spacial score (nSPS) is 21.8. The van der Waals surface area contributed by atoms with E-state index in [2.05, 4.69) is 0 Å². The lowest BCUT2D eigenvalue weighted by atomic mass is 9.99. The molecule has 5 atom stereocenters. The second-order valence-electron chi connectivity index (χ2n) is 9.81. The summed E-state index contributed by atoms with van der Waals surface area (Å²) in [4.78, 5) is 25.0. The predicted octanol–water partition coefficient (Wildman–Crippen LogP) is 1.43. The van der Waals surface area contributed by atoms with Gasteiger partial charge in [0.15, 0.2) is 28.4 Å². The fourth-order valence-corrected chi connectivity index (χ4v) is 4.42. The van der Waals surface area contributed by atoms with Gasteiger partial charge in [0, 0.05) is 23.8 Å². The van der Waals surface area contributed by atoms with Crippen LogP contribution < -0.4 is 10.2 Å². The number of aromatic hydroxyl groups is 5. The van der Waals surface area contributed by atoms with E-state index in [1.54, 1.807) is 12.1 Å². The molecule has 2 heterocycles. The number of ether oxygens (including phenoxy) is 3. The fraction of sp³-hybridized carbons (Fsp3) is 0.200. The van der Waals surface area contributed by atoms with Gasteiger partial charge in [-0.1, -0.05) is 12.1 Å². The Morgan fingerprint density at radius 1 is 0.841 bits per heavy atom. The van der Waals surface area contributed by atoms with Crippen LogP contribution in [0.3, 0.4) is 0 Å². The molecule has 44 heavy (non-hydrogen) atoms. The zero-order valence-electron chi connectivity index (χ0n) is 22.5. The Morgan fingerprint density at radius 2 is 1.57 bits per heavy atom. The number of esters is 1. The molecule has 0 aliphatic carbocycles. The number of aliphatic hydroxyl groups excluding tert-OH is 3. The molecule has 5 rings (SSSR count). The second-order valence-corrected chi connectivity index (χ2v) is 9.81. The van der Waals surface area contributed by atoms with Gasteiger partial charge >= 0.3 is 5.97 Å². The zero-order chi connectivity index (χ0) is 31.7. The van der Waals surface area contributed by atoms with E-state index in [1.807, 2.05) is 0 Å². The minimum absolute atomic E-state index is 0.0439. The van der Waals surface area contributed by atoms with E-state index < -0.39 is 82.8 Å². The van der Waals surface area contributed by atoms with E-state index >= 15 is 0 Å². The van der Waals surface area contributed by atoms with Crippen LogP contribution in [-0.4, -0.2) is 84.1 Å². The van der Waals surface area contributed by atoms with E-state index in [4.69, 9.17) is 18.6 Å². The van der Waals surface area contributed by atoms with Gasteiger partial charge in [-0.3, -0.25) is 4.79 Å². The molecule has 0 radical (unpaired) electrons. The molecular formula is C30H26O14. The lowest BCUT2D eigenvalue weighted by molar-refractivity contribution is -0.278. The highest BCUT2D eigenvalue weighted by molar-refractivity contribution is 5.89. The zero-order valence-corrected chi connectivity index (χ0v) is 22.5. The SMILES string of the molecule is O=C(C=Cc1ccc(O)cc1)OCC1OC(Oc2cc3oc(-c4ccc(O)c(O)c4)cc(=O)c3c(O)c2O)C(O)C(O)C1O. The summed E-state index contributed by atoms with van der Waals surface area (Å²) in [5.74, 6) is -4.18. The van der Waals surface area contributed by atoms with Crippen LogP contribution in [0.1, 0.15) is 5.56 Å². The molecule has 1 fully saturated rings. The highest BCUT2D eigenvalue weighted by Gasteiger charge is 2.46. The van der Waals surface area contributed by atoms with Crippen molar-refractivity contribution in [3.05, 3.63) is 76.5 Å². The summed E-state index contributed by atoms with van der Waals surface area (Å²) >= 11 is 0. The van der Waals surface area contributed by atoms with Crippen molar-refractivity contribution in [2.45, 2.75) is 30.7 Å². The van der Waals surface area contributed by atoms with Crippen molar-refractivity contribution in [3.8, 4) is 45.8 Å². The fourth-order valence-electron chi connectivity index (χ4n) is 4.42. The highest BCUT2D eigenvalue weighted by atomic mass is 16.7. The Kier molecular flexibility index (Phi) is 8.33. The molecule has 14 nitrogen and oxygen atoms in total. The molecule has 4 aromatic rings. The van der Waals surface area contributed by atoms with Crippen molar-refractivity contribution >= 4 is 23.0 Å². The third kappa shape index (κ3) is 6.09. The predicted molar refractivity (Wildman–Crippen MR) is 150 cm³/mol. The number of benzene rings is 3. The third-order valence-corrected chi connectivity index (χ3v) is 6.80. The molecule has 1 aliphatic rings. The molecule has 0 bridgehead atoms. The topological polar surface area (TPSA) is 237 Å². The summed E-state index contributed by atoms with van der Waals surface area (Å²) in [7, 11) is 0. The smallest absolute Gasteiger partial charge is 0.330 e. The largest absolute Gasteiger partial charge is 0.508 e. The number of hydrogen-bond acceptors (Lipinski definition) is 14. The van der Waals surface area contributed by atoms with Gasteiger partial charge in [0.05, 0.1) is 0 Å². The van der Waals surface area contributed by atoms with Crippen LogP contribution >= 0.6 is 0 Å². The average Bonchev–Trinajstić information content (AvgIpc) is 3.00. The maximum Gasteiger partial charge on any atom is 0.330 e.